The van der Waals surface area contributed by atoms with E-state index in [1.54, 1.807) is 6.20 Å². The third-order valence-corrected chi connectivity index (χ3v) is 4.07. The third kappa shape index (κ3) is 3.04. The van der Waals surface area contributed by atoms with Crippen LogP contribution >= 0.6 is 23.1 Å². The molecule has 0 atom stereocenters. The van der Waals surface area contributed by atoms with Gasteiger partial charge in [-0.15, -0.1) is 11.3 Å². The van der Waals surface area contributed by atoms with E-state index in [9.17, 15) is 9.18 Å². The number of aromatic carboxylic acids is 1. The quantitative estimate of drug-likeness (QED) is 0.865. The number of carboxylic acids is 1. The Bertz CT molecular complexity index is 528. The van der Waals surface area contributed by atoms with Crippen LogP contribution in [-0.2, 0) is 5.75 Å². The molecular weight excluding hydrogens is 261 g/mol. The van der Waals surface area contributed by atoms with Crippen LogP contribution in [0.1, 0.15) is 15.9 Å². The normalized spacial score (nSPS) is 10.4. The molecule has 17 heavy (non-hydrogen) atoms. The van der Waals surface area contributed by atoms with Crippen molar-refractivity contribution in [2.24, 2.45) is 0 Å². The number of halogens is 1. The molecule has 1 aromatic carbocycles. The molecule has 2 aromatic rings. The summed E-state index contributed by atoms with van der Waals surface area (Å²) in [6, 6.07) is 3.69. The molecule has 0 aliphatic carbocycles. The molecule has 0 saturated heterocycles. The number of benzene rings is 1. The van der Waals surface area contributed by atoms with Gasteiger partial charge >= 0.3 is 5.97 Å². The maximum atomic E-state index is 13.1. The van der Waals surface area contributed by atoms with Gasteiger partial charge in [-0.25, -0.2) is 14.2 Å². The zero-order chi connectivity index (χ0) is 12.3. The minimum atomic E-state index is -1.04. The second-order valence-corrected chi connectivity index (χ2v) is 5.31. The van der Waals surface area contributed by atoms with E-state index < -0.39 is 11.8 Å². The summed E-state index contributed by atoms with van der Waals surface area (Å²) in [4.78, 5) is 15.0. The first-order chi connectivity index (χ1) is 8.16. The summed E-state index contributed by atoms with van der Waals surface area (Å²) in [5.41, 5.74) is 0.605. The predicted octanol–water partition coefficient (Wildman–Crippen LogP) is 3.27. The lowest BCUT2D eigenvalue weighted by atomic mass is 10.1. The van der Waals surface area contributed by atoms with E-state index in [4.69, 9.17) is 5.11 Å². The number of hydrogen-bond acceptors (Lipinski definition) is 4. The van der Waals surface area contributed by atoms with Crippen molar-refractivity contribution in [1.82, 2.24) is 4.98 Å². The van der Waals surface area contributed by atoms with Crippen LogP contribution in [0.15, 0.2) is 34.1 Å². The van der Waals surface area contributed by atoms with Crippen molar-refractivity contribution in [3.8, 4) is 0 Å². The first kappa shape index (κ1) is 12.1. The van der Waals surface area contributed by atoms with Crippen molar-refractivity contribution in [1.29, 1.82) is 0 Å². The van der Waals surface area contributed by atoms with E-state index in [2.05, 4.69) is 4.98 Å². The Morgan fingerprint density at radius 2 is 2.35 bits per heavy atom. The van der Waals surface area contributed by atoms with Crippen LogP contribution < -0.4 is 0 Å². The zero-order valence-corrected chi connectivity index (χ0v) is 10.2. The molecule has 3 nitrogen and oxygen atoms in total. The van der Waals surface area contributed by atoms with E-state index >= 15 is 0 Å². The highest BCUT2D eigenvalue weighted by Crippen LogP contribution is 2.26. The maximum absolute atomic E-state index is 13.1. The summed E-state index contributed by atoms with van der Waals surface area (Å²) < 4.78 is 13.9. The molecule has 0 unspecified atom stereocenters. The molecule has 0 spiro atoms. The number of carboxylic acid groups (broad SMARTS) is 1. The average Bonchev–Trinajstić information content (AvgIpc) is 2.78. The van der Waals surface area contributed by atoms with Gasteiger partial charge in [-0.05, 0) is 23.8 Å². The highest BCUT2D eigenvalue weighted by Gasteiger charge is 2.11. The first-order valence-corrected chi connectivity index (χ1v) is 6.57. The summed E-state index contributed by atoms with van der Waals surface area (Å²) in [7, 11) is 0. The molecule has 0 aliphatic rings. The van der Waals surface area contributed by atoms with Crippen LogP contribution in [0.4, 0.5) is 4.39 Å². The Balaban J connectivity index is 2.19. The fourth-order valence-corrected chi connectivity index (χ4v) is 2.94. The minimum absolute atomic E-state index is 0.135. The van der Waals surface area contributed by atoms with E-state index in [0.717, 1.165) is 10.4 Å². The Kier molecular flexibility index (Phi) is 3.75. The number of hydrogen-bond donors (Lipinski definition) is 1. The minimum Gasteiger partial charge on any atom is -0.478 e. The highest BCUT2D eigenvalue weighted by molar-refractivity contribution is 8.00. The van der Waals surface area contributed by atoms with Gasteiger partial charge in [0.15, 0.2) is 0 Å². The third-order valence-electron chi connectivity index (χ3n) is 2.06. The highest BCUT2D eigenvalue weighted by atomic mass is 32.2. The fourth-order valence-electron chi connectivity index (χ4n) is 1.31. The van der Waals surface area contributed by atoms with Crippen molar-refractivity contribution < 1.29 is 14.3 Å². The van der Waals surface area contributed by atoms with Gasteiger partial charge in [0, 0.05) is 17.3 Å². The Hall–Kier alpha value is -1.40. The molecule has 0 saturated carbocycles. The molecular formula is C11H8FNO2S2. The monoisotopic (exact) mass is 269 g/mol. The Labute approximate surface area is 105 Å². The topological polar surface area (TPSA) is 50.2 Å². The van der Waals surface area contributed by atoms with E-state index in [1.807, 2.05) is 5.38 Å². The number of thiazole rings is 1. The molecule has 2 rings (SSSR count). The molecule has 0 amide bonds. The molecule has 0 bridgehead atoms. The van der Waals surface area contributed by atoms with Crippen LogP contribution in [0.5, 0.6) is 0 Å². The smallest absolute Gasteiger partial charge is 0.335 e. The summed E-state index contributed by atoms with van der Waals surface area (Å²) >= 11 is 2.87. The molecule has 1 N–H and O–H groups in total. The van der Waals surface area contributed by atoms with Crippen LogP contribution in [0.2, 0.25) is 0 Å². The largest absolute Gasteiger partial charge is 0.478 e. The van der Waals surface area contributed by atoms with Crippen molar-refractivity contribution in [3.05, 3.63) is 46.7 Å². The maximum Gasteiger partial charge on any atom is 0.335 e. The molecule has 88 valence electrons. The van der Waals surface area contributed by atoms with E-state index in [0.29, 0.717) is 11.3 Å². The van der Waals surface area contributed by atoms with Crippen molar-refractivity contribution in [2.45, 2.75) is 10.1 Å². The second kappa shape index (κ2) is 5.29. The molecule has 1 aromatic heterocycles. The number of aromatic nitrogens is 1. The Morgan fingerprint density at radius 1 is 1.53 bits per heavy atom. The summed E-state index contributed by atoms with van der Waals surface area (Å²) in [5.74, 6) is -1.07. The fraction of sp³-hybridized carbons (Fsp3) is 0.0909. The SMILES string of the molecule is O=C(O)c1ccc(F)cc1CSc1nccs1. The lowest BCUT2D eigenvalue weighted by molar-refractivity contribution is 0.0696. The molecule has 0 fully saturated rings. The summed E-state index contributed by atoms with van der Waals surface area (Å²) in [6.07, 6.45) is 1.68. The number of carbonyl (C=O) groups is 1. The van der Waals surface area contributed by atoms with Crippen LogP contribution in [-0.4, -0.2) is 16.1 Å². The van der Waals surface area contributed by atoms with Crippen molar-refractivity contribution in [3.63, 3.8) is 0 Å². The van der Waals surface area contributed by atoms with E-state index in [-0.39, 0.29) is 5.56 Å². The van der Waals surface area contributed by atoms with Gasteiger partial charge in [-0.1, -0.05) is 11.8 Å². The van der Waals surface area contributed by atoms with Gasteiger partial charge in [0.2, 0.25) is 0 Å². The number of thioether (sulfide) groups is 1. The predicted molar refractivity (Wildman–Crippen MR) is 65.0 cm³/mol. The average molecular weight is 269 g/mol. The van der Waals surface area contributed by atoms with Gasteiger partial charge in [-0.2, -0.15) is 0 Å². The molecule has 0 aliphatic heterocycles. The summed E-state index contributed by atoms with van der Waals surface area (Å²) in [6.45, 7) is 0. The lowest BCUT2D eigenvalue weighted by Gasteiger charge is -2.04. The standard InChI is InChI=1S/C11H8FNO2S2/c12-8-1-2-9(10(14)15)7(5-8)6-17-11-13-3-4-16-11/h1-5H,6H2,(H,14,15). The molecule has 1 heterocycles. The van der Waals surface area contributed by atoms with Gasteiger partial charge < -0.3 is 5.11 Å². The van der Waals surface area contributed by atoms with Gasteiger partial charge in [0.1, 0.15) is 10.2 Å². The van der Waals surface area contributed by atoms with Crippen LogP contribution in [0, 0.1) is 5.82 Å². The summed E-state index contributed by atoms with van der Waals surface area (Å²) in [5, 5.41) is 10.8. The lowest BCUT2D eigenvalue weighted by Crippen LogP contribution is -2.02. The Morgan fingerprint density at radius 3 is 3.00 bits per heavy atom. The van der Waals surface area contributed by atoms with Crippen LogP contribution in [0.3, 0.4) is 0 Å². The molecule has 6 heteroatoms. The number of rotatable bonds is 4. The van der Waals surface area contributed by atoms with E-state index in [1.165, 1.54) is 35.2 Å². The van der Waals surface area contributed by atoms with Gasteiger partial charge in [0.25, 0.3) is 0 Å². The van der Waals surface area contributed by atoms with Gasteiger partial charge in [-0.3, -0.25) is 0 Å². The van der Waals surface area contributed by atoms with Crippen molar-refractivity contribution in [2.75, 3.05) is 0 Å². The number of nitrogens with zero attached hydrogens (tertiary/aromatic N) is 1. The van der Waals surface area contributed by atoms with Gasteiger partial charge in [0.05, 0.1) is 5.56 Å². The van der Waals surface area contributed by atoms with Crippen LogP contribution in [0.25, 0.3) is 0 Å². The van der Waals surface area contributed by atoms with Crippen molar-refractivity contribution >= 4 is 29.1 Å². The second-order valence-electron chi connectivity index (χ2n) is 3.19. The zero-order valence-electron chi connectivity index (χ0n) is 8.59. The molecule has 0 radical (unpaired) electrons. The first-order valence-electron chi connectivity index (χ1n) is 4.71.